The van der Waals surface area contributed by atoms with Gasteiger partial charge in [0, 0.05) is 17.9 Å². The zero-order valence-corrected chi connectivity index (χ0v) is 39.8. The molecule has 0 rings (SSSR count). The third-order valence-corrected chi connectivity index (χ3v) is 27.8. The van der Waals surface area contributed by atoms with E-state index in [2.05, 4.69) is 79.0 Å². The van der Waals surface area contributed by atoms with Crippen molar-refractivity contribution in [2.45, 2.75) is 130 Å². The summed E-state index contributed by atoms with van der Waals surface area (Å²) in [6, 6.07) is 2.02. The molecule has 0 amide bonds. The molecule has 18 heteroatoms. The van der Waals surface area contributed by atoms with Crippen molar-refractivity contribution in [3.05, 3.63) is 12.2 Å². The lowest BCUT2D eigenvalue weighted by Crippen LogP contribution is -2.58. The summed E-state index contributed by atoms with van der Waals surface area (Å²) in [7, 11) is -11.4. The fourth-order valence-corrected chi connectivity index (χ4v) is 31.2. The van der Waals surface area contributed by atoms with E-state index in [1.807, 2.05) is 14.1 Å². The number of carbonyl (C=O) groups is 1. The van der Waals surface area contributed by atoms with E-state index < -0.39 is 64.5 Å². The van der Waals surface area contributed by atoms with E-state index in [0.29, 0.717) is 49.2 Å². The van der Waals surface area contributed by atoms with Crippen LogP contribution in [-0.4, -0.2) is 131 Å². The number of likely N-dealkylation sites (N-methyl/N-ethyl adjacent to an activating group) is 1. The van der Waals surface area contributed by atoms with Crippen LogP contribution in [-0.2, 0) is 45.6 Å². The Morgan fingerprint density at radius 3 is 1.64 bits per heavy atom. The van der Waals surface area contributed by atoms with Gasteiger partial charge in [-0.15, -0.1) is 0 Å². The monoisotopic (exact) mass is 819 g/mol. The Kier molecular flexibility index (Phi) is 21.7. The highest BCUT2D eigenvalue weighted by atomic mass is 32.2. The number of nitrogens with zero attached hydrogens (tertiary/aromatic N) is 1. The molecule has 1 unspecified atom stereocenters. The first-order valence-corrected chi connectivity index (χ1v) is 34.3. The van der Waals surface area contributed by atoms with Crippen molar-refractivity contribution in [1.82, 2.24) is 0 Å². The average Bonchev–Trinajstić information content (AvgIpc) is 2.88. The number of carbonyl (C=O) groups excluding carboxylic acids is 1. The molecule has 12 nitrogen and oxygen atoms in total. The van der Waals surface area contributed by atoms with Gasteiger partial charge in [-0.05, 0) is 104 Å². The van der Waals surface area contributed by atoms with Crippen LogP contribution >= 0.6 is 0 Å². The molecule has 50 heavy (non-hydrogen) atoms. The van der Waals surface area contributed by atoms with E-state index in [0.717, 1.165) is 18.5 Å². The lowest BCUT2D eigenvalue weighted by atomic mass is 10.3. The second kappa shape index (κ2) is 21.7. The number of quaternary nitrogens is 1. The van der Waals surface area contributed by atoms with Gasteiger partial charge in [0.05, 0.1) is 50.6 Å². The van der Waals surface area contributed by atoms with E-state index in [-0.39, 0.29) is 19.0 Å². The van der Waals surface area contributed by atoms with Crippen LogP contribution in [0, 0.1) is 0 Å². The molecule has 0 aromatic carbocycles. The number of ether oxygens (including phenoxy) is 3. The maximum absolute atomic E-state index is 12.3. The summed E-state index contributed by atoms with van der Waals surface area (Å²) < 4.78 is 77.4. The van der Waals surface area contributed by atoms with E-state index in [9.17, 15) is 17.8 Å². The molecule has 0 spiro atoms. The number of unbranched alkanes of at least 4 members (excludes halogenated alkanes) is 2. The van der Waals surface area contributed by atoms with Gasteiger partial charge in [-0.1, -0.05) is 26.3 Å². The number of hydrogen-bond acceptors (Lipinski definition) is 11. The third kappa shape index (κ3) is 26.7. The zero-order chi connectivity index (χ0) is 39.1. The zero-order valence-electron chi connectivity index (χ0n) is 34.0. The molecule has 0 aliphatic rings. The first-order chi connectivity index (χ1) is 22.5. The van der Waals surface area contributed by atoms with Crippen LogP contribution in [0.2, 0.25) is 77.6 Å². The van der Waals surface area contributed by atoms with Crippen molar-refractivity contribution in [1.29, 1.82) is 0 Å². The van der Waals surface area contributed by atoms with Gasteiger partial charge >= 0.3 is 31.7 Å². The fourth-order valence-electron chi connectivity index (χ4n) is 5.92. The number of esters is 1. The minimum atomic E-state index is -4.19. The predicted octanol–water partition coefficient (Wildman–Crippen LogP) is 6.68. The molecule has 0 bridgehead atoms. The molecule has 0 saturated carbocycles. The minimum Gasteiger partial charge on any atom is -0.748 e. The summed E-state index contributed by atoms with van der Waals surface area (Å²) in [5, 5.41) is 0. The maximum atomic E-state index is 12.3. The SMILES string of the molecule is C=C(C)C(=O)OC(COCCC[Si](C)(C)O[Si](C)(C)O[Si](C)(C)O[Si](C)(C)O[Si](C)(C)CCCC)COCC[N+](C)(C)CCCCS(=O)(=O)[O-]. The van der Waals surface area contributed by atoms with E-state index in [1.165, 1.54) is 12.8 Å². The summed E-state index contributed by atoms with van der Waals surface area (Å²) in [6.45, 7) is 31.8. The van der Waals surface area contributed by atoms with Crippen LogP contribution in [0.1, 0.15) is 46.0 Å². The molecule has 0 saturated heterocycles. The second-order valence-corrected chi connectivity index (χ2v) is 37.9. The van der Waals surface area contributed by atoms with Crippen LogP contribution in [0.5, 0.6) is 0 Å². The maximum Gasteiger partial charge on any atom is 0.333 e. The summed E-state index contributed by atoms with van der Waals surface area (Å²) in [5.74, 6) is -0.833. The van der Waals surface area contributed by atoms with E-state index >= 15 is 0 Å². The standard InChI is InChI=1S/C32H73NO11SSi5/c1-16-17-26-46(6,7)41-48(10,11)43-50(14,15)44-49(12,13)42-47(8,9)27-20-23-38-28-31(40-32(34)30(2)3)29-39-24-22-33(4,5)21-18-19-25-45(35,36)37/h31H,2,16-29H2,1,3-15H3. The number of hydrogen-bond donors (Lipinski definition) is 0. The van der Waals surface area contributed by atoms with Crippen LogP contribution in [0.15, 0.2) is 12.2 Å². The predicted molar refractivity (Wildman–Crippen MR) is 213 cm³/mol. The van der Waals surface area contributed by atoms with E-state index in [1.54, 1.807) is 6.92 Å². The summed E-state index contributed by atoms with van der Waals surface area (Å²) in [5.41, 5.74) is 0.305. The first-order valence-electron chi connectivity index (χ1n) is 18.1. The smallest absolute Gasteiger partial charge is 0.333 e. The fraction of sp³-hybridized carbons (Fsp3) is 0.906. The van der Waals surface area contributed by atoms with Crippen LogP contribution < -0.4 is 0 Å². The molecule has 0 aliphatic heterocycles. The first kappa shape index (κ1) is 49.9. The average molecular weight is 820 g/mol. The third-order valence-electron chi connectivity index (χ3n) is 7.71. The van der Waals surface area contributed by atoms with Gasteiger partial charge in [-0.3, -0.25) is 0 Å². The highest BCUT2D eigenvalue weighted by Crippen LogP contribution is 2.28. The molecule has 0 heterocycles. The Morgan fingerprint density at radius 2 is 1.18 bits per heavy atom. The van der Waals surface area contributed by atoms with Crippen molar-refractivity contribution in [2.75, 3.05) is 59.4 Å². The normalized spacial score (nSPS) is 14.5. The van der Waals surface area contributed by atoms with Crippen molar-refractivity contribution in [3.63, 3.8) is 0 Å². The van der Waals surface area contributed by atoms with Crippen molar-refractivity contribution < 1.29 is 52.9 Å². The van der Waals surface area contributed by atoms with Gasteiger partial charge < -0.3 is 39.7 Å². The lowest BCUT2D eigenvalue weighted by Gasteiger charge is -2.42. The van der Waals surface area contributed by atoms with Crippen LogP contribution in [0.25, 0.3) is 0 Å². The van der Waals surface area contributed by atoms with Crippen molar-refractivity contribution in [2.24, 2.45) is 0 Å². The van der Waals surface area contributed by atoms with Gasteiger partial charge in [0.25, 0.3) is 0 Å². The Balaban J connectivity index is 4.88. The molecule has 298 valence electrons. The summed E-state index contributed by atoms with van der Waals surface area (Å²) >= 11 is 0. The number of rotatable bonds is 29. The van der Waals surface area contributed by atoms with Crippen molar-refractivity contribution >= 4 is 58.4 Å². The molecule has 0 radical (unpaired) electrons. The lowest BCUT2D eigenvalue weighted by molar-refractivity contribution is -0.890. The Labute approximate surface area is 311 Å². The Morgan fingerprint density at radius 1 is 0.720 bits per heavy atom. The second-order valence-electron chi connectivity index (χ2n) is 16.6. The molecular weight excluding hydrogens is 747 g/mol. The highest BCUT2D eigenvalue weighted by molar-refractivity contribution is 7.85. The van der Waals surface area contributed by atoms with E-state index in [4.69, 9.17) is 30.7 Å². The molecule has 0 aromatic heterocycles. The molecule has 0 aromatic rings. The molecule has 1 atom stereocenters. The van der Waals surface area contributed by atoms with Gasteiger partial charge in [-0.2, -0.15) is 0 Å². The topological polar surface area (TPSA) is 139 Å². The molecule has 0 fully saturated rings. The van der Waals surface area contributed by atoms with Crippen molar-refractivity contribution in [3.8, 4) is 0 Å². The molecule has 0 N–H and O–H groups in total. The van der Waals surface area contributed by atoms with Crippen LogP contribution in [0.3, 0.4) is 0 Å². The minimum absolute atomic E-state index is 0.179. The Bertz CT molecular complexity index is 1140. The highest BCUT2D eigenvalue weighted by Gasteiger charge is 2.45. The van der Waals surface area contributed by atoms with Gasteiger partial charge in [-0.25, -0.2) is 13.2 Å². The van der Waals surface area contributed by atoms with Gasteiger partial charge in [0.2, 0.25) is 0 Å². The Hall–Kier alpha value is -0.0756. The van der Waals surface area contributed by atoms with Gasteiger partial charge in [0.1, 0.15) is 12.6 Å². The summed E-state index contributed by atoms with van der Waals surface area (Å²) in [6.07, 6.45) is 3.54. The van der Waals surface area contributed by atoms with Gasteiger partial charge in [0.15, 0.2) is 16.6 Å². The largest absolute Gasteiger partial charge is 0.748 e. The molecular formula is C32H73NO11SSi5. The quantitative estimate of drug-likeness (QED) is 0.0200. The molecule has 0 aliphatic carbocycles. The van der Waals surface area contributed by atoms with Crippen LogP contribution in [0.4, 0.5) is 0 Å². The summed E-state index contributed by atoms with van der Waals surface area (Å²) in [4.78, 5) is 12.3.